The molecule has 0 saturated carbocycles. The van der Waals surface area contributed by atoms with E-state index in [-0.39, 0.29) is 17.1 Å². The fourth-order valence-corrected chi connectivity index (χ4v) is 3.50. The van der Waals surface area contributed by atoms with Crippen molar-refractivity contribution in [3.63, 3.8) is 0 Å². The highest BCUT2D eigenvalue weighted by Gasteiger charge is 2.23. The first kappa shape index (κ1) is 15.0. The molecule has 0 aliphatic rings. The molecular weight excluding hydrogens is 342 g/mol. The van der Waals surface area contributed by atoms with Gasteiger partial charge in [0.05, 0.1) is 17.9 Å². The van der Waals surface area contributed by atoms with Crippen molar-refractivity contribution in [3.05, 3.63) is 52.8 Å². The summed E-state index contributed by atoms with van der Waals surface area (Å²) in [6.07, 6.45) is 1.63. The fourth-order valence-electron chi connectivity index (χ4n) is 1.70. The largest absolute Gasteiger partial charge is 0.398 e. The minimum absolute atomic E-state index is 0.0882. The summed E-state index contributed by atoms with van der Waals surface area (Å²) in [7, 11) is -2.15. The first-order chi connectivity index (χ1) is 9.41. The normalized spacial score (nSPS) is 11.8. The summed E-state index contributed by atoms with van der Waals surface area (Å²) in [4.78, 5) is 4.21. The highest BCUT2D eigenvalue weighted by Crippen LogP contribution is 2.26. The van der Waals surface area contributed by atoms with Gasteiger partial charge in [0.15, 0.2) is 0 Å². The van der Waals surface area contributed by atoms with E-state index in [2.05, 4.69) is 20.9 Å². The predicted molar refractivity (Wildman–Crippen MR) is 81.4 cm³/mol. The van der Waals surface area contributed by atoms with Crippen LogP contribution in [0.15, 0.2) is 52.0 Å². The third-order valence-electron chi connectivity index (χ3n) is 2.77. The van der Waals surface area contributed by atoms with Gasteiger partial charge in [-0.25, -0.2) is 8.42 Å². The molecule has 0 fully saturated rings. The van der Waals surface area contributed by atoms with Gasteiger partial charge < -0.3 is 5.73 Å². The first-order valence-corrected chi connectivity index (χ1v) is 8.06. The van der Waals surface area contributed by atoms with E-state index < -0.39 is 10.0 Å². The number of nitrogen functional groups attached to an aromatic ring is 1. The van der Waals surface area contributed by atoms with Crippen LogP contribution in [-0.4, -0.2) is 24.8 Å². The third kappa shape index (κ3) is 3.17. The summed E-state index contributed by atoms with van der Waals surface area (Å²) in [5.41, 5.74) is 6.66. The van der Waals surface area contributed by atoms with Crippen LogP contribution in [-0.2, 0) is 16.6 Å². The Morgan fingerprint density at radius 1 is 1.30 bits per heavy atom. The van der Waals surface area contributed by atoms with Crippen molar-refractivity contribution in [2.24, 2.45) is 0 Å². The van der Waals surface area contributed by atoms with Crippen molar-refractivity contribution in [2.75, 3.05) is 12.8 Å². The maximum absolute atomic E-state index is 12.5. The summed E-state index contributed by atoms with van der Waals surface area (Å²) in [6, 6.07) is 10.1. The molecular formula is C13H14BrN3O2S. The molecule has 20 heavy (non-hydrogen) atoms. The van der Waals surface area contributed by atoms with Gasteiger partial charge in [-0.1, -0.05) is 22.0 Å². The molecule has 1 heterocycles. The van der Waals surface area contributed by atoms with E-state index in [1.54, 1.807) is 30.5 Å². The van der Waals surface area contributed by atoms with Gasteiger partial charge in [-0.05, 0) is 30.3 Å². The topological polar surface area (TPSA) is 76.3 Å². The molecule has 2 N–H and O–H groups in total. The Hall–Kier alpha value is -1.44. The van der Waals surface area contributed by atoms with Crippen LogP contribution < -0.4 is 5.73 Å². The van der Waals surface area contributed by atoms with Gasteiger partial charge in [-0.15, -0.1) is 0 Å². The number of pyridine rings is 1. The molecule has 0 atom stereocenters. The molecule has 1 aromatic carbocycles. The van der Waals surface area contributed by atoms with Gasteiger partial charge in [0.2, 0.25) is 10.0 Å². The van der Waals surface area contributed by atoms with Gasteiger partial charge in [-0.2, -0.15) is 4.31 Å². The second-order valence-electron chi connectivity index (χ2n) is 4.26. The summed E-state index contributed by atoms with van der Waals surface area (Å²) < 4.78 is 26.9. The lowest BCUT2D eigenvalue weighted by molar-refractivity contribution is 0.462. The van der Waals surface area contributed by atoms with Crippen LogP contribution in [0.3, 0.4) is 0 Å². The Bertz CT molecular complexity index is 705. The second-order valence-corrected chi connectivity index (χ2v) is 7.19. The standard InChI is InChI=1S/C13H14BrN3O2S/c1-17(9-11-4-2-3-7-16-11)20(18,19)13-8-10(14)5-6-12(13)15/h2-8H,9,15H2,1H3. The highest BCUT2D eigenvalue weighted by atomic mass is 79.9. The fraction of sp³-hybridized carbons (Fsp3) is 0.154. The van der Waals surface area contributed by atoms with Crippen LogP contribution in [0.4, 0.5) is 5.69 Å². The number of aromatic nitrogens is 1. The number of sulfonamides is 1. The van der Waals surface area contributed by atoms with Crippen LogP contribution in [0.5, 0.6) is 0 Å². The average Bonchev–Trinajstić information content (AvgIpc) is 2.42. The van der Waals surface area contributed by atoms with Crippen molar-refractivity contribution < 1.29 is 8.42 Å². The van der Waals surface area contributed by atoms with Crippen LogP contribution in [0.25, 0.3) is 0 Å². The zero-order valence-electron chi connectivity index (χ0n) is 10.8. The molecule has 0 aliphatic heterocycles. The van der Waals surface area contributed by atoms with E-state index in [0.29, 0.717) is 10.2 Å². The molecule has 0 amide bonds. The van der Waals surface area contributed by atoms with Crippen LogP contribution in [0.1, 0.15) is 5.69 Å². The lowest BCUT2D eigenvalue weighted by Crippen LogP contribution is -2.27. The SMILES string of the molecule is CN(Cc1ccccn1)S(=O)(=O)c1cc(Br)ccc1N. The zero-order valence-corrected chi connectivity index (χ0v) is 13.2. The van der Waals surface area contributed by atoms with E-state index >= 15 is 0 Å². The number of benzene rings is 1. The molecule has 2 rings (SSSR count). The molecule has 2 aromatic rings. The summed E-state index contributed by atoms with van der Waals surface area (Å²) in [6.45, 7) is 0.190. The smallest absolute Gasteiger partial charge is 0.245 e. The highest BCUT2D eigenvalue weighted by molar-refractivity contribution is 9.10. The van der Waals surface area contributed by atoms with Gasteiger partial charge in [0.25, 0.3) is 0 Å². The lowest BCUT2D eigenvalue weighted by Gasteiger charge is -2.18. The Morgan fingerprint density at radius 3 is 2.70 bits per heavy atom. The monoisotopic (exact) mass is 355 g/mol. The minimum atomic E-state index is -3.65. The number of hydrogen-bond donors (Lipinski definition) is 1. The summed E-state index contributed by atoms with van der Waals surface area (Å²) in [5.74, 6) is 0. The van der Waals surface area contributed by atoms with E-state index in [1.165, 1.54) is 17.4 Å². The quantitative estimate of drug-likeness (QED) is 0.853. The van der Waals surface area contributed by atoms with Crippen molar-refractivity contribution >= 4 is 31.6 Å². The maximum Gasteiger partial charge on any atom is 0.245 e. The van der Waals surface area contributed by atoms with Crippen molar-refractivity contribution in [2.45, 2.75) is 11.4 Å². The van der Waals surface area contributed by atoms with E-state index in [4.69, 9.17) is 5.73 Å². The Balaban J connectivity index is 2.32. The Labute approximate surface area is 126 Å². The third-order valence-corrected chi connectivity index (χ3v) is 5.13. The number of nitrogens with zero attached hydrogens (tertiary/aromatic N) is 2. The maximum atomic E-state index is 12.5. The van der Waals surface area contributed by atoms with Crippen molar-refractivity contribution in [1.82, 2.24) is 9.29 Å². The van der Waals surface area contributed by atoms with E-state index in [1.807, 2.05) is 6.07 Å². The molecule has 1 aromatic heterocycles. The molecule has 0 unspecified atom stereocenters. The number of hydrogen-bond acceptors (Lipinski definition) is 4. The van der Waals surface area contributed by atoms with Crippen molar-refractivity contribution in [3.8, 4) is 0 Å². The van der Waals surface area contributed by atoms with Gasteiger partial charge >= 0.3 is 0 Å². The van der Waals surface area contributed by atoms with Crippen LogP contribution in [0, 0.1) is 0 Å². The van der Waals surface area contributed by atoms with Gasteiger partial charge in [0.1, 0.15) is 4.90 Å². The molecule has 0 bridgehead atoms. The Morgan fingerprint density at radius 2 is 2.05 bits per heavy atom. The molecule has 0 saturated heterocycles. The van der Waals surface area contributed by atoms with Gasteiger partial charge in [-0.3, -0.25) is 4.98 Å². The zero-order chi connectivity index (χ0) is 14.8. The molecule has 0 radical (unpaired) electrons. The average molecular weight is 356 g/mol. The molecule has 106 valence electrons. The van der Waals surface area contributed by atoms with Crippen LogP contribution in [0.2, 0.25) is 0 Å². The minimum Gasteiger partial charge on any atom is -0.398 e. The molecule has 7 heteroatoms. The first-order valence-electron chi connectivity index (χ1n) is 5.82. The van der Waals surface area contributed by atoms with Crippen LogP contribution >= 0.6 is 15.9 Å². The van der Waals surface area contributed by atoms with E-state index in [9.17, 15) is 8.42 Å². The Kier molecular flexibility index (Phi) is 4.42. The molecule has 5 nitrogen and oxygen atoms in total. The summed E-state index contributed by atoms with van der Waals surface area (Å²) >= 11 is 3.25. The lowest BCUT2D eigenvalue weighted by atomic mass is 10.3. The van der Waals surface area contributed by atoms with E-state index in [0.717, 1.165) is 0 Å². The predicted octanol–water partition coefficient (Wildman–Crippen LogP) is 2.25. The number of rotatable bonds is 4. The summed E-state index contributed by atoms with van der Waals surface area (Å²) in [5, 5.41) is 0. The number of nitrogens with two attached hydrogens (primary N) is 1. The number of halogens is 1. The number of anilines is 1. The van der Waals surface area contributed by atoms with Crippen molar-refractivity contribution in [1.29, 1.82) is 0 Å². The second kappa shape index (κ2) is 5.90. The molecule has 0 aliphatic carbocycles. The molecule has 0 spiro atoms. The van der Waals surface area contributed by atoms with Gasteiger partial charge in [0, 0.05) is 17.7 Å².